The number of piperidine rings is 1. The molecule has 0 radical (unpaired) electrons. The Labute approximate surface area is 178 Å². The van der Waals surface area contributed by atoms with Gasteiger partial charge in [0, 0.05) is 56.4 Å². The summed E-state index contributed by atoms with van der Waals surface area (Å²) in [6, 6.07) is 12.6. The van der Waals surface area contributed by atoms with E-state index in [0.29, 0.717) is 5.92 Å². The Morgan fingerprint density at radius 2 is 1.87 bits per heavy atom. The number of anilines is 1. The number of hydrogen-bond donors (Lipinski definition) is 0. The molecule has 2 aliphatic heterocycles. The molecule has 0 aliphatic carbocycles. The maximum absolute atomic E-state index is 4.88. The number of hydrogen-bond acceptors (Lipinski definition) is 5. The van der Waals surface area contributed by atoms with Crippen molar-refractivity contribution in [2.45, 2.75) is 38.0 Å². The van der Waals surface area contributed by atoms with Crippen LogP contribution in [0.5, 0.6) is 0 Å². The van der Waals surface area contributed by atoms with Gasteiger partial charge in [0.15, 0.2) is 5.82 Å². The van der Waals surface area contributed by atoms with Crippen LogP contribution in [-0.4, -0.2) is 57.4 Å². The van der Waals surface area contributed by atoms with Crippen molar-refractivity contribution in [3.8, 4) is 5.82 Å². The van der Waals surface area contributed by atoms with Crippen LogP contribution in [-0.2, 0) is 6.42 Å². The van der Waals surface area contributed by atoms with Gasteiger partial charge >= 0.3 is 0 Å². The highest BCUT2D eigenvalue weighted by Gasteiger charge is 2.25. The molecule has 6 nitrogen and oxygen atoms in total. The molecule has 2 aliphatic rings. The zero-order valence-corrected chi connectivity index (χ0v) is 17.5. The van der Waals surface area contributed by atoms with Crippen molar-refractivity contribution >= 4 is 5.82 Å². The second kappa shape index (κ2) is 8.96. The molecule has 1 atom stereocenters. The molecule has 2 fully saturated rings. The lowest BCUT2D eigenvalue weighted by Crippen LogP contribution is -2.31. The number of likely N-dealkylation sites (tertiary alicyclic amines) is 1. The maximum atomic E-state index is 4.88. The van der Waals surface area contributed by atoms with Crippen LogP contribution >= 0.6 is 0 Å². The molecule has 30 heavy (non-hydrogen) atoms. The lowest BCUT2D eigenvalue weighted by Gasteiger charge is -2.29. The molecule has 1 unspecified atom stereocenters. The Hall–Kier alpha value is -2.73. The third kappa shape index (κ3) is 4.24. The Morgan fingerprint density at radius 1 is 0.933 bits per heavy atom. The molecule has 156 valence electrons. The quantitative estimate of drug-likeness (QED) is 0.629. The predicted octanol–water partition coefficient (Wildman–Crippen LogP) is 3.68. The molecular formula is C24H30N6. The van der Waals surface area contributed by atoms with Gasteiger partial charge in [-0.3, -0.25) is 0 Å². The van der Waals surface area contributed by atoms with E-state index in [-0.39, 0.29) is 0 Å². The molecule has 6 heteroatoms. The number of aromatic nitrogens is 4. The van der Waals surface area contributed by atoms with Crippen LogP contribution in [0.1, 0.15) is 42.9 Å². The van der Waals surface area contributed by atoms with Crippen LogP contribution in [0.4, 0.5) is 5.82 Å². The van der Waals surface area contributed by atoms with Gasteiger partial charge in [-0.2, -0.15) is 5.10 Å². The third-order valence-corrected chi connectivity index (χ3v) is 6.41. The summed E-state index contributed by atoms with van der Waals surface area (Å²) in [5.74, 6) is 2.61. The lowest BCUT2D eigenvalue weighted by molar-refractivity contribution is 0.338. The van der Waals surface area contributed by atoms with Crippen LogP contribution in [0.2, 0.25) is 0 Å². The Balaban J connectivity index is 1.21. The Morgan fingerprint density at radius 3 is 2.73 bits per heavy atom. The number of rotatable bonds is 6. The first-order valence-electron chi connectivity index (χ1n) is 11.2. The van der Waals surface area contributed by atoms with Gasteiger partial charge < -0.3 is 9.80 Å². The predicted molar refractivity (Wildman–Crippen MR) is 119 cm³/mol. The van der Waals surface area contributed by atoms with Crippen LogP contribution in [0, 0.1) is 0 Å². The Bertz CT molecular complexity index is 948. The second-order valence-corrected chi connectivity index (χ2v) is 8.44. The van der Waals surface area contributed by atoms with Gasteiger partial charge in [0.25, 0.3) is 0 Å². The zero-order chi connectivity index (χ0) is 20.2. The van der Waals surface area contributed by atoms with Gasteiger partial charge in [0.05, 0.1) is 0 Å². The van der Waals surface area contributed by atoms with Gasteiger partial charge in [-0.15, -0.1) is 0 Å². The average molecular weight is 403 g/mol. The molecule has 3 aromatic rings. The van der Waals surface area contributed by atoms with E-state index in [9.17, 15) is 0 Å². The highest BCUT2D eigenvalue weighted by atomic mass is 15.3. The van der Waals surface area contributed by atoms with Gasteiger partial charge in [0.2, 0.25) is 0 Å². The number of pyridine rings is 2. The zero-order valence-electron chi connectivity index (χ0n) is 17.5. The fraction of sp³-hybridized carbons (Fsp3) is 0.458. The molecule has 0 bridgehead atoms. The van der Waals surface area contributed by atoms with E-state index in [0.717, 1.165) is 45.0 Å². The van der Waals surface area contributed by atoms with E-state index in [4.69, 9.17) is 9.97 Å². The summed E-state index contributed by atoms with van der Waals surface area (Å²) in [6.07, 6.45) is 11.8. The molecule has 5 rings (SSSR count). The molecule has 0 spiro atoms. The summed E-state index contributed by atoms with van der Waals surface area (Å²) in [4.78, 5) is 14.7. The largest absolute Gasteiger partial charge is 0.356 e. The average Bonchev–Trinajstić information content (AvgIpc) is 3.51. The van der Waals surface area contributed by atoms with Crippen molar-refractivity contribution in [1.82, 2.24) is 24.6 Å². The summed E-state index contributed by atoms with van der Waals surface area (Å²) in [6.45, 7) is 5.59. The highest BCUT2D eigenvalue weighted by molar-refractivity contribution is 5.47. The normalized spacial score (nSPS) is 20.0. The molecule has 3 aromatic heterocycles. The van der Waals surface area contributed by atoms with Crippen LogP contribution in [0.25, 0.3) is 5.82 Å². The molecule has 0 N–H and O–H groups in total. The van der Waals surface area contributed by atoms with Gasteiger partial charge in [0.1, 0.15) is 5.82 Å². The summed E-state index contributed by atoms with van der Waals surface area (Å²) in [7, 11) is 0. The van der Waals surface area contributed by atoms with Crippen LogP contribution in [0.15, 0.2) is 55.0 Å². The fourth-order valence-electron chi connectivity index (χ4n) is 4.77. The van der Waals surface area contributed by atoms with Crippen LogP contribution < -0.4 is 4.90 Å². The van der Waals surface area contributed by atoms with Gasteiger partial charge in [-0.05, 0) is 68.5 Å². The van der Waals surface area contributed by atoms with Gasteiger partial charge in [-0.25, -0.2) is 14.6 Å². The summed E-state index contributed by atoms with van der Waals surface area (Å²) < 4.78 is 1.83. The van der Waals surface area contributed by atoms with Crippen molar-refractivity contribution in [2.24, 2.45) is 0 Å². The van der Waals surface area contributed by atoms with E-state index in [2.05, 4.69) is 39.2 Å². The molecule has 0 aromatic carbocycles. The first kappa shape index (κ1) is 19.2. The molecule has 2 saturated heterocycles. The maximum Gasteiger partial charge on any atom is 0.153 e. The first-order valence-corrected chi connectivity index (χ1v) is 11.2. The van der Waals surface area contributed by atoms with E-state index in [1.54, 1.807) is 6.20 Å². The van der Waals surface area contributed by atoms with E-state index in [1.807, 2.05) is 29.2 Å². The smallest absolute Gasteiger partial charge is 0.153 e. The molecular weight excluding hydrogens is 372 g/mol. The van der Waals surface area contributed by atoms with Crippen molar-refractivity contribution in [3.63, 3.8) is 0 Å². The third-order valence-electron chi connectivity index (χ3n) is 6.41. The summed E-state index contributed by atoms with van der Waals surface area (Å²) >= 11 is 0. The minimum Gasteiger partial charge on any atom is -0.356 e. The lowest BCUT2D eigenvalue weighted by atomic mass is 10.0. The molecule has 5 heterocycles. The van der Waals surface area contributed by atoms with Crippen LogP contribution in [0.3, 0.4) is 0 Å². The standard InChI is InChI=1S/C24H30N6/c1-2-14-29(15-3-1)24-20(7-5-12-25-24)10-17-28-18-11-21(19-28)22-8-4-9-23(27-22)30-16-6-13-26-30/h4-9,12-13,16,21H,1-3,10-11,14-15,17-19H2. The van der Waals surface area contributed by atoms with E-state index >= 15 is 0 Å². The summed E-state index contributed by atoms with van der Waals surface area (Å²) in [5, 5.41) is 4.31. The second-order valence-electron chi connectivity index (χ2n) is 8.44. The summed E-state index contributed by atoms with van der Waals surface area (Å²) in [5.41, 5.74) is 2.57. The monoisotopic (exact) mass is 402 g/mol. The van der Waals surface area contributed by atoms with Crippen molar-refractivity contribution in [1.29, 1.82) is 0 Å². The number of nitrogens with zero attached hydrogens (tertiary/aromatic N) is 6. The molecule has 0 amide bonds. The minimum absolute atomic E-state index is 0.496. The molecule has 0 saturated carbocycles. The van der Waals surface area contributed by atoms with Crippen molar-refractivity contribution in [3.05, 3.63) is 66.2 Å². The van der Waals surface area contributed by atoms with E-state index in [1.165, 1.54) is 42.8 Å². The topological polar surface area (TPSA) is 50.1 Å². The SMILES string of the molecule is c1cc(C2CCN(CCc3cccnc3N3CCCCC3)C2)nc(-n2cccn2)c1. The van der Waals surface area contributed by atoms with Gasteiger partial charge in [-0.1, -0.05) is 12.1 Å². The fourth-order valence-corrected chi connectivity index (χ4v) is 4.77. The van der Waals surface area contributed by atoms with Crippen molar-refractivity contribution in [2.75, 3.05) is 37.6 Å². The van der Waals surface area contributed by atoms with Crippen molar-refractivity contribution < 1.29 is 0 Å². The Kier molecular flexibility index (Phi) is 5.75. The minimum atomic E-state index is 0.496. The first-order chi connectivity index (χ1) is 14.9. The van der Waals surface area contributed by atoms with E-state index < -0.39 is 0 Å². The highest BCUT2D eigenvalue weighted by Crippen LogP contribution is 2.27.